The molecule has 0 aliphatic rings. The van der Waals surface area contributed by atoms with Crippen molar-refractivity contribution in [3.8, 4) is 11.4 Å². The number of benzene rings is 3. The van der Waals surface area contributed by atoms with Crippen molar-refractivity contribution in [2.75, 3.05) is 10.0 Å². The molecular formula is C21H16N4O5S. The van der Waals surface area contributed by atoms with Gasteiger partial charge in [-0.25, -0.2) is 13.2 Å². The molecule has 3 N–H and O–H groups in total. The predicted molar refractivity (Wildman–Crippen MR) is 114 cm³/mol. The van der Waals surface area contributed by atoms with Gasteiger partial charge in [0.05, 0.1) is 4.90 Å². The fraction of sp³-hybridized carbons (Fsp3) is 0. The number of sulfonamides is 1. The van der Waals surface area contributed by atoms with Crippen LogP contribution in [0.2, 0.25) is 0 Å². The molecule has 4 rings (SSSR count). The third-order valence-corrected chi connectivity index (χ3v) is 5.68. The molecule has 156 valence electrons. The van der Waals surface area contributed by atoms with E-state index in [2.05, 4.69) is 24.7 Å². The first-order valence-electron chi connectivity index (χ1n) is 9.06. The van der Waals surface area contributed by atoms with Crippen LogP contribution in [0.4, 0.5) is 11.4 Å². The second-order valence-corrected chi connectivity index (χ2v) is 8.16. The summed E-state index contributed by atoms with van der Waals surface area (Å²) in [7, 11) is -3.71. The second-order valence-electron chi connectivity index (χ2n) is 6.47. The summed E-state index contributed by atoms with van der Waals surface area (Å²) in [6.07, 6.45) is 0. The number of H-pyrrole nitrogens is 1. The first kappa shape index (κ1) is 20.1. The summed E-state index contributed by atoms with van der Waals surface area (Å²) in [6.45, 7) is 0. The summed E-state index contributed by atoms with van der Waals surface area (Å²) in [5.41, 5.74) is 1.72. The monoisotopic (exact) mass is 436 g/mol. The Morgan fingerprint density at radius 1 is 0.903 bits per heavy atom. The van der Waals surface area contributed by atoms with E-state index in [1.54, 1.807) is 42.5 Å². The van der Waals surface area contributed by atoms with Crippen molar-refractivity contribution in [3.05, 3.63) is 95.0 Å². The molecule has 1 aromatic heterocycles. The Balaban J connectivity index is 1.46. The predicted octanol–water partition coefficient (Wildman–Crippen LogP) is 3.08. The fourth-order valence-corrected chi connectivity index (χ4v) is 3.88. The highest BCUT2D eigenvalue weighted by Crippen LogP contribution is 2.20. The number of carbonyl (C=O) groups is 1. The number of hydrogen-bond acceptors (Lipinski definition) is 6. The van der Waals surface area contributed by atoms with E-state index >= 15 is 0 Å². The number of amides is 1. The van der Waals surface area contributed by atoms with Gasteiger partial charge in [-0.15, -0.1) is 0 Å². The van der Waals surface area contributed by atoms with Crippen molar-refractivity contribution < 1.29 is 17.7 Å². The lowest BCUT2D eigenvalue weighted by Gasteiger charge is -2.09. The van der Waals surface area contributed by atoms with E-state index in [1.807, 2.05) is 0 Å². The molecule has 10 heteroatoms. The van der Waals surface area contributed by atoms with Gasteiger partial charge in [-0.05, 0) is 48.5 Å². The van der Waals surface area contributed by atoms with Gasteiger partial charge in [0.1, 0.15) is 0 Å². The zero-order valence-electron chi connectivity index (χ0n) is 15.9. The van der Waals surface area contributed by atoms with E-state index in [0.29, 0.717) is 22.5 Å². The van der Waals surface area contributed by atoms with Crippen molar-refractivity contribution in [1.82, 2.24) is 10.1 Å². The smallest absolute Gasteiger partial charge is 0.322 e. The fourth-order valence-electron chi connectivity index (χ4n) is 2.81. The zero-order valence-corrected chi connectivity index (χ0v) is 16.7. The average molecular weight is 436 g/mol. The summed E-state index contributed by atoms with van der Waals surface area (Å²) in [5.74, 6) is -0.813. The molecule has 0 saturated heterocycles. The maximum absolute atomic E-state index is 12.5. The Morgan fingerprint density at radius 3 is 2.32 bits per heavy atom. The van der Waals surface area contributed by atoms with Crippen molar-refractivity contribution in [2.24, 2.45) is 0 Å². The van der Waals surface area contributed by atoms with Crippen LogP contribution in [0.3, 0.4) is 0 Å². The highest BCUT2D eigenvalue weighted by atomic mass is 32.2. The van der Waals surface area contributed by atoms with E-state index in [9.17, 15) is 18.0 Å². The van der Waals surface area contributed by atoms with Gasteiger partial charge in [0.25, 0.3) is 15.9 Å². The van der Waals surface area contributed by atoms with Gasteiger partial charge in [-0.1, -0.05) is 35.5 Å². The molecule has 0 saturated carbocycles. The number of aromatic nitrogens is 2. The number of nitrogens with zero attached hydrogens (tertiary/aromatic N) is 1. The molecule has 31 heavy (non-hydrogen) atoms. The Kier molecular flexibility index (Phi) is 5.37. The third kappa shape index (κ3) is 4.70. The summed E-state index contributed by atoms with van der Waals surface area (Å²) in [5, 5.41) is 6.35. The maximum Gasteiger partial charge on any atom is 0.439 e. The SMILES string of the molecule is O=C(Nc1cccc(-c2noc(=O)[nH]2)c1)c1ccc(NS(=O)(=O)c2ccccc2)cc1. The Labute approximate surface area is 176 Å². The third-order valence-electron chi connectivity index (χ3n) is 4.29. The Morgan fingerprint density at radius 2 is 1.65 bits per heavy atom. The first-order valence-corrected chi connectivity index (χ1v) is 10.5. The quantitative estimate of drug-likeness (QED) is 0.425. The topological polar surface area (TPSA) is 134 Å². The van der Waals surface area contributed by atoms with Gasteiger partial charge in [0.2, 0.25) is 0 Å². The molecule has 0 aliphatic carbocycles. The van der Waals surface area contributed by atoms with Crippen LogP contribution in [0, 0.1) is 0 Å². The van der Waals surface area contributed by atoms with E-state index in [-0.39, 0.29) is 16.6 Å². The first-order chi connectivity index (χ1) is 14.9. The minimum atomic E-state index is -3.71. The van der Waals surface area contributed by atoms with E-state index in [0.717, 1.165) is 0 Å². The molecule has 1 amide bonds. The number of hydrogen-bond donors (Lipinski definition) is 3. The lowest BCUT2D eigenvalue weighted by molar-refractivity contribution is 0.102. The van der Waals surface area contributed by atoms with Gasteiger partial charge in [-0.2, -0.15) is 0 Å². The molecular weight excluding hydrogens is 420 g/mol. The van der Waals surface area contributed by atoms with Crippen LogP contribution in [0.5, 0.6) is 0 Å². The van der Waals surface area contributed by atoms with Gasteiger partial charge in [-0.3, -0.25) is 19.0 Å². The van der Waals surface area contributed by atoms with Crippen LogP contribution >= 0.6 is 0 Å². The molecule has 0 spiro atoms. The van der Waals surface area contributed by atoms with E-state index in [4.69, 9.17) is 0 Å². The number of rotatable bonds is 6. The van der Waals surface area contributed by atoms with Gasteiger partial charge in [0.15, 0.2) is 5.82 Å². The standard InChI is InChI=1S/C21H16N4O5S/c26-20(22-17-6-4-5-15(13-17)19-23-21(27)30-24-19)14-9-11-16(12-10-14)25-31(28,29)18-7-2-1-3-8-18/h1-13,25H,(H,22,26)(H,23,24,27). The minimum Gasteiger partial charge on any atom is -0.322 e. The van der Waals surface area contributed by atoms with Crippen LogP contribution in [-0.4, -0.2) is 24.5 Å². The molecule has 0 atom stereocenters. The highest BCUT2D eigenvalue weighted by molar-refractivity contribution is 7.92. The summed E-state index contributed by atoms with van der Waals surface area (Å²) in [6, 6.07) is 20.7. The van der Waals surface area contributed by atoms with Gasteiger partial charge >= 0.3 is 5.76 Å². The molecule has 0 aliphatic heterocycles. The molecule has 9 nitrogen and oxygen atoms in total. The zero-order chi connectivity index (χ0) is 21.8. The van der Waals surface area contributed by atoms with E-state index < -0.39 is 15.8 Å². The molecule has 0 bridgehead atoms. The lowest BCUT2D eigenvalue weighted by atomic mass is 10.1. The second kappa shape index (κ2) is 8.28. The Bertz CT molecular complexity index is 1380. The van der Waals surface area contributed by atoms with Crippen molar-refractivity contribution >= 4 is 27.3 Å². The summed E-state index contributed by atoms with van der Waals surface area (Å²) < 4.78 is 31.7. The summed E-state index contributed by atoms with van der Waals surface area (Å²) in [4.78, 5) is 26.2. The summed E-state index contributed by atoms with van der Waals surface area (Å²) >= 11 is 0. The molecule has 3 aromatic carbocycles. The van der Waals surface area contributed by atoms with Crippen LogP contribution in [0.25, 0.3) is 11.4 Å². The lowest BCUT2D eigenvalue weighted by Crippen LogP contribution is -2.14. The van der Waals surface area contributed by atoms with Crippen molar-refractivity contribution in [1.29, 1.82) is 0 Å². The van der Waals surface area contributed by atoms with E-state index in [1.165, 1.54) is 36.4 Å². The van der Waals surface area contributed by atoms with Crippen LogP contribution in [0.1, 0.15) is 10.4 Å². The number of carbonyl (C=O) groups excluding carboxylic acids is 1. The van der Waals surface area contributed by atoms with Gasteiger partial charge in [0, 0.05) is 22.5 Å². The number of aromatic amines is 1. The normalized spacial score (nSPS) is 11.1. The molecule has 0 radical (unpaired) electrons. The molecule has 4 aromatic rings. The van der Waals surface area contributed by atoms with Gasteiger partial charge < -0.3 is 5.32 Å². The maximum atomic E-state index is 12.5. The van der Waals surface area contributed by atoms with Crippen molar-refractivity contribution in [3.63, 3.8) is 0 Å². The molecule has 1 heterocycles. The minimum absolute atomic E-state index is 0.144. The molecule has 0 unspecified atom stereocenters. The van der Waals surface area contributed by atoms with Crippen LogP contribution in [0.15, 0.2) is 93.1 Å². The highest BCUT2D eigenvalue weighted by Gasteiger charge is 2.14. The van der Waals surface area contributed by atoms with Crippen molar-refractivity contribution in [2.45, 2.75) is 4.90 Å². The largest absolute Gasteiger partial charge is 0.439 e. The van der Waals surface area contributed by atoms with Crippen LogP contribution in [-0.2, 0) is 10.0 Å². The molecule has 0 fully saturated rings. The Hall–Kier alpha value is -4.18. The number of anilines is 2. The number of nitrogens with one attached hydrogen (secondary N) is 3. The van der Waals surface area contributed by atoms with Crippen LogP contribution < -0.4 is 15.8 Å². The average Bonchev–Trinajstić information content (AvgIpc) is 3.21.